The summed E-state index contributed by atoms with van der Waals surface area (Å²) in [4.78, 5) is 12.5. The summed E-state index contributed by atoms with van der Waals surface area (Å²) < 4.78 is 5.23. The zero-order chi connectivity index (χ0) is 13.7. The number of carbonyl (C=O) groups excluding carboxylic acids is 1. The first-order chi connectivity index (χ1) is 8.23. The molecule has 0 aromatic heterocycles. The second-order valence-electron chi connectivity index (χ2n) is 6.43. The fourth-order valence-electron chi connectivity index (χ4n) is 3.05. The summed E-state index contributed by atoms with van der Waals surface area (Å²) in [5, 5.41) is 0. The van der Waals surface area contributed by atoms with Gasteiger partial charge in [0, 0.05) is 11.5 Å². The van der Waals surface area contributed by atoms with Crippen molar-refractivity contribution in [3.05, 3.63) is 29.3 Å². The number of aryl methyl sites for hydroxylation is 1. The lowest BCUT2D eigenvalue weighted by Crippen LogP contribution is -2.08. The summed E-state index contributed by atoms with van der Waals surface area (Å²) in [6.07, 6.45) is 0. The van der Waals surface area contributed by atoms with E-state index in [0.29, 0.717) is 0 Å². The zero-order valence-electron chi connectivity index (χ0n) is 12.1. The smallest absolute Gasteiger partial charge is 0.167 e. The van der Waals surface area contributed by atoms with Crippen molar-refractivity contribution in [3.8, 4) is 5.75 Å². The molecule has 0 heterocycles. The van der Waals surface area contributed by atoms with Gasteiger partial charge in [-0.2, -0.15) is 0 Å². The molecule has 2 rings (SSSR count). The molecule has 0 spiro atoms. The molecule has 1 fully saturated rings. The molecule has 0 radical (unpaired) electrons. The number of methoxy groups -OCH3 is 1. The highest BCUT2D eigenvalue weighted by molar-refractivity contribution is 6.01. The van der Waals surface area contributed by atoms with Crippen LogP contribution < -0.4 is 4.74 Å². The SMILES string of the molecule is COc1ccc(C(=O)C2C(C)(C)C2(C)C)cc1C. The number of rotatable bonds is 3. The Morgan fingerprint density at radius 1 is 1.17 bits per heavy atom. The molecule has 1 aliphatic rings. The molecule has 0 saturated heterocycles. The molecule has 2 nitrogen and oxygen atoms in total. The number of ketones is 1. The molecule has 2 heteroatoms. The normalized spacial score (nSPS) is 20.6. The van der Waals surface area contributed by atoms with Crippen LogP contribution in [0.3, 0.4) is 0 Å². The van der Waals surface area contributed by atoms with Crippen molar-refractivity contribution in [2.24, 2.45) is 16.7 Å². The Hall–Kier alpha value is -1.31. The monoisotopic (exact) mass is 246 g/mol. The van der Waals surface area contributed by atoms with Gasteiger partial charge in [-0.1, -0.05) is 27.7 Å². The molecule has 1 saturated carbocycles. The molecule has 1 aromatic rings. The number of hydrogen-bond donors (Lipinski definition) is 0. The summed E-state index contributed by atoms with van der Waals surface area (Å²) in [5.41, 5.74) is 2.01. The van der Waals surface area contributed by atoms with Crippen LogP contribution in [0.15, 0.2) is 18.2 Å². The summed E-state index contributed by atoms with van der Waals surface area (Å²) >= 11 is 0. The van der Waals surface area contributed by atoms with Crippen LogP contribution in [0.5, 0.6) is 5.75 Å². The van der Waals surface area contributed by atoms with E-state index in [1.54, 1.807) is 7.11 Å². The summed E-state index contributed by atoms with van der Waals surface area (Å²) in [6, 6.07) is 5.69. The first-order valence-corrected chi connectivity index (χ1v) is 6.42. The Bertz CT molecular complexity index is 484. The van der Waals surface area contributed by atoms with Gasteiger partial charge in [0.25, 0.3) is 0 Å². The van der Waals surface area contributed by atoms with E-state index >= 15 is 0 Å². The minimum Gasteiger partial charge on any atom is -0.496 e. The van der Waals surface area contributed by atoms with Crippen molar-refractivity contribution in [1.82, 2.24) is 0 Å². The fourth-order valence-corrected chi connectivity index (χ4v) is 3.05. The third kappa shape index (κ3) is 1.66. The van der Waals surface area contributed by atoms with E-state index in [1.165, 1.54) is 0 Å². The average molecular weight is 246 g/mol. The molecule has 0 N–H and O–H groups in total. The minimum absolute atomic E-state index is 0.0952. The Kier molecular flexibility index (Phi) is 2.80. The molecule has 98 valence electrons. The molecular formula is C16H22O2. The maximum Gasteiger partial charge on any atom is 0.167 e. The van der Waals surface area contributed by atoms with Crippen molar-refractivity contribution in [1.29, 1.82) is 0 Å². The number of Topliss-reactive ketones (excluding diaryl/α,β-unsaturated/α-hetero) is 1. The lowest BCUT2D eigenvalue weighted by Gasteiger charge is -2.07. The predicted molar refractivity (Wildman–Crippen MR) is 73.1 cm³/mol. The van der Waals surface area contributed by atoms with Crippen LogP contribution in [0.2, 0.25) is 0 Å². The van der Waals surface area contributed by atoms with E-state index < -0.39 is 0 Å². The van der Waals surface area contributed by atoms with Gasteiger partial charge in [-0.15, -0.1) is 0 Å². The summed E-state index contributed by atoms with van der Waals surface area (Å²) in [7, 11) is 1.65. The van der Waals surface area contributed by atoms with Crippen molar-refractivity contribution in [2.45, 2.75) is 34.6 Å². The van der Waals surface area contributed by atoms with Crippen LogP contribution in [0.4, 0.5) is 0 Å². The minimum atomic E-state index is 0.0952. The van der Waals surface area contributed by atoms with Crippen LogP contribution >= 0.6 is 0 Å². The first-order valence-electron chi connectivity index (χ1n) is 6.42. The quantitative estimate of drug-likeness (QED) is 0.757. The van der Waals surface area contributed by atoms with Crippen LogP contribution in [0.25, 0.3) is 0 Å². The van der Waals surface area contributed by atoms with E-state index in [4.69, 9.17) is 4.74 Å². The maximum atomic E-state index is 12.5. The predicted octanol–water partition coefficient (Wildman–Crippen LogP) is 3.87. The highest BCUT2D eigenvalue weighted by atomic mass is 16.5. The van der Waals surface area contributed by atoms with Gasteiger partial charge >= 0.3 is 0 Å². The number of hydrogen-bond acceptors (Lipinski definition) is 2. The summed E-state index contributed by atoms with van der Waals surface area (Å²) in [5.74, 6) is 1.22. The second-order valence-corrected chi connectivity index (χ2v) is 6.43. The molecule has 0 amide bonds. The Morgan fingerprint density at radius 3 is 2.11 bits per heavy atom. The number of carbonyl (C=O) groups is 1. The molecule has 0 bridgehead atoms. The number of ether oxygens (including phenoxy) is 1. The summed E-state index contributed by atoms with van der Waals surface area (Å²) in [6.45, 7) is 10.7. The highest BCUT2D eigenvalue weighted by Gasteiger charge is 2.67. The van der Waals surface area contributed by atoms with Gasteiger partial charge in [0.05, 0.1) is 7.11 Å². The molecule has 0 atom stereocenters. The Labute approximate surface area is 109 Å². The lowest BCUT2D eigenvalue weighted by atomic mass is 9.99. The van der Waals surface area contributed by atoms with Crippen molar-refractivity contribution in [2.75, 3.05) is 7.11 Å². The molecular weight excluding hydrogens is 224 g/mol. The molecule has 18 heavy (non-hydrogen) atoms. The highest BCUT2D eigenvalue weighted by Crippen LogP contribution is 2.69. The molecule has 1 aliphatic carbocycles. The van der Waals surface area contributed by atoms with Crippen LogP contribution in [0.1, 0.15) is 43.6 Å². The van der Waals surface area contributed by atoms with Crippen molar-refractivity contribution < 1.29 is 9.53 Å². The van der Waals surface area contributed by atoms with Crippen molar-refractivity contribution >= 4 is 5.78 Å². The van der Waals surface area contributed by atoms with Gasteiger partial charge < -0.3 is 4.74 Å². The maximum absolute atomic E-state index is 12.5. The third-order valence-electron chi connectivity index (χ3n) is 4.96. The van der Waals surface area contributed by atoms with Gasteiger partial charge in [0.15, 0.2) is 5.78 Å². The van der Waals surface area contributed by atoms with Crippen LogP contribution in [-0.4, -0.2) is 12.9 Å². The van der Waals surface area contributed by atoms with E-state index in [0.717, 1.165) is 16.9 Å². The molecule has 0 aliphatic heterocycles. The van der Waals surface area contributed by atoms with Gasteiger partial charge in [-0.25, -0.2) is 0 Å². The second kappa shape index (κ2) is 3.84. The molecule has 1 aromatic carbocycles. The van der Waals surface area contributed by atoms with E-state index in [2.05, 4.69) is 27.7 Å². The molecule has 0 unspecified atom stereocenters. The van der Waals surface area contributed by atoms with Gasteiger partial charge in [-0.3, -0.25) is 4.79 Å². The third-order valence-corrected chi connectivity index (χ3v) is 4.96. The average Bonchev–Trinajstić information content (AvgIpc) is 2.68. The first kappa shape index (κ1) is 13.1. The zero-order valence-corrected chi connectivity index (χ0v) is 12.1. The Balaban J connectivity index is 2.29. The van der Waals surface area contributed by atoms with Gasteiger partial charge in [0.1, 0.15) is 5.75 Å². The van der Waals surface area contributed by atoms with E-state index in [1.807, 2.05) is 25.1 Å². The van der Waals surface area contributed by atoms with Crippen LogP contribution in [0, 0.1) is 23.7 Å². The number of benzene rings is 1. The largest absolute Gasteiger partial charge is 0.496 e. The standard InChI is InChI=1S/C16H22O2/c1-10-9-11(7-8-12(10)18-6)13(17)14-15(2,3)16(14,4)5/h7-9,14H,1-6H3. The van der Waals surface area contributed by atoms with Crippen LogP contribution in [-0.2, 0) is 0 Å². The van der Waals surface area contributed by atoms with Gasteiger partial charge in [0.2, 0.25) is 0 Å². The fraction of sp³-hybridized carbons (Fsp3) is 0.562. The lowest BCUT2D eigenvalue weighted by molar-refractivity contribution is 0.0945. The topological polar surface area (TPSA) is 26.3 Å². The van der Waals surface area contributed by atoms with Gasteiger partial charge in [-0.05, 0) is 41.5 Å². The van der Waals surface area contributed by atoms with E-state index in [-0.39, 0.29) is 22.5 Å². The van der Waals surface area contributed by atoms with E-state index in [9.17, 15) is 4.79 Å². The van der Waals surface area contributed by atoms with Crippen molar-refractivity contribution in [3.63, 3.8) is 0 Å². The Morgan fingerprint density at radius 2 is 1.72 bits per heavy atom.